The molecule has 1 aromatic heterocycles. The van der Waals surface area contributed by atoms with Crippen LogP contribution in [0, 0.1) is 5.82 Å². The first kappa shape index (κ1) is 17.7. The standard InChI is InChI=1S/C21H13Cl2FN2O/c22-18-10-9-15(12-19(18)23)26-21(27)17-4-2-1-3-16(17)20(25-26)11-13-5-7-14(24)8-6-13/h1-10,12H,11H2. The lowest BCUT2D eigenvalue weighted by atomic mass is 10.0. The average Bonchev–Trinajstić information content (AvgIpc) is 2.68. The Kier molecular flexibility index (Phi) is 4.68. The molecule has 0 saturated carbocycles. The first-order chi connectivity index (χ1) is 13.0. The molecule has 0 aliphatic rings. The molecule has 4 rings (SSSR count). The average molecular weight is 399 g/mol. The van der Waals surface area contributed by atoms with Crippen LogP contribution >= 0.6 is 23.2 Å². The van der Waals surface area contributed by atoms with E-state index in [1.165, 1.54) is 16.8 Å². The number of nitrogens with zero attached hydrogens (tertiary/aromatic N) is 2. The Morgan fingerprint density at radius 2 is 1.59 bits per heavy atom. The predicted octanol–water partition coefficient (Wildman–Crippen LogP) is 5.42. The van der Waals surface area contributed by atoms with Crippen LogP contribution < -0.4 is 5.56 Å². The Morgan fingerprint density at radius 3 is 2.30 bits per heavy atom. The first-order valence-corrected chi connectivity index (χ1v) is 8.99. The van der Waals surface area contributed by atoms with Gasteiger partial charge >= 0.3 is 0 Å². The molecule has 4 aromatic rings. The number of hydrogen-bond acceptors (Lipinski definition) is 2. The summed E-state index contributed by atoms with van der Waals surface area (Å²) in [6, 6.07) is 18.5. The smallest absolute Gasteiger partial charge is 0.267 e. The SMILES string of the molecule is O=c1c2ccccc2c(Cc2ccc(F)cc2)nn1-c1ccc(Cl)c(Cl)c1. The second-order valence-electron chi connectivity index (χ2n) is 6.11. The Balaban J connectivity index is 1.92. The van der Waals surface area contributed by atoms with Crippen LogP contribution in [0.4, 0.5) is 4.39 Å². The molecule has 0 radical (unpaired) electrons. The third-order valence-corrected chi connectivity index (χ3v) is 5.05. The minimum atomic E-state index is -0.294. The number of rotatable bonds is 3. The van der Waals surface area contributed by atoms with Crippen molar-refractivity contribution in [1.29, 1.82) is 0 Å². The fourth-order valence-electron chi connectivity index (χ4n) is 2.97. The number of halogens is 3. The summed E-state index contributed by atoms with van der Waals surface area (Å²) in [5, 5.41) is 6.63. The molecule has 3 nitrogen and oxygen atoms in total. The molecule has 0 N–H and O–H groups in total. The van der Waals surface area contributed by atoms with E-state index in [9.17, 15) is 9.18 Å². The monoisotopic (exact) mass is 398 g/mol. The van der Waals surface area contributed by atoms with Gasteiger partial charge in [-0.1, -0.05) is 53.5 Å². The number of hydrogen-bond donors (Lipinski definition) is 0. The maximum Gasteiger partial charge on any atom is 0.279 e. The normalized spacial score (nSPS) is 11.1. The highest BCUT2D eigenvalue weighted by atomic mass is 35.5. The van der Waals surface area contributed by atoms with Gasteiger partial charge in [-0.3, -0.25) is 4.79 Å². The highest BCUT2D eigenvalue weighted by Crippen LogP contribution is 2.25. The fraction of sp³-hybridized carbons (Fsp3) is 0.0476. The van der Waals surface area contributed by atoms with E-state index < -0.39 is 0 Å². The Bertz CT molecular complexity index is 1200. The van der Waals surface area contributed by atoms with Crippen LogP contribution in [0.5, 0.6) is 0 Å². The maximum atomic E-state index is 13.2. The molecule has 0 unspecified atom stereocenters. The van der Waals surface area contributed by atoms with Crippen LogP contribution in [0.2, 0.25) is 10.0 Å². The van der Waals surface area contributed by atoms with E-state index in [1.807, 2.05) is 18.2 Å². The molecule has 0 spiro atoms. The first-order valence-electron chi connectivity index (χ1n) is 8.24. The summed E-state index contributed by atoms with van der Waals surface area (Å²) < 4.78 is 14.5. The number of benzene rings is 3. The summed E-state index contributed by atoms with van der Waals surface area (Å²) in [7, 11) is 0. The molecule has 6 heteroatoms. The van der Waals surface area contributed by atoms with Gasteiger partial charge in [0.05, 0.1) is 26.8 Å². The Labute approximate surface area is 164 Å². The van der Waals surface area contributed by atoms with E-state index in [0.717, 1.165) is 10.9 Å². The van der Waals surface area contributed by atoms with Gasteiger partial charge in [-0.2, -0.15) is 9.78 Å². The van der Waals surface area contributed by atoms with Gasteiger partial charge in [0.2, 0.25) is 0 Å². The molecule has 0 bridgehead atoms. The largest absolute Gasteiger partial charge is 0.279 e. The van der Waals surface area contributed by atoms with E-state index in [4.69, 9.17) is 23.2 Å². The van der Waals surface area contributed by atoms with Crippen molar-refractivity contribution >= 4 is 34.0 Å². The van der Waals surface area contributed by atoms with Crippen LogP contribution in [0.3, 0.4) is 0 Å². The summed E-state index contributed by atoms with van der Waals surface area (Å²) >= 11 is 12.1. The lowest BCUT2D eigenvalue weighted by Crippen LogP contribution is -2.23. The second kappa shape index (κ2) is 7.14. The Morgan fingerprint density at radius 1 is 0.889 bits per heavy atom. The Hall–Kier alpha value is -2.69. The van der Waals surface area contributed by atoms with E-state index in [0.29, 0.717) is 33.2 Å². The van der Waals surface area contributed by atoms with Crippen LogP contribution in [-0.4, -0.2) is 9.78 Å². The summed E-state index contributed by atoms with van der Waals surface area (Å²) in [6.45, 7) is 0. The van der Waals surface area contributed by atoms with Crippen molar-refractivity contribution in [2.24, 2.45) is 0 Å². The minimum absolute atomic E-state index is 0.244. The zero-order valence-electron chi connectivity index (χ0n) is 14.0. The molecule has 0 fully saturated rings. The van der Waals surface area contributed by atoms with Crippen molar-refractivity contribution in [2.75, 3.05) is 0 Å². The summed E-state index contributed by atoms with van der Waals surface area (Å²) in [4.78, 5) is 12.9. The van der Waals surface area contributed by atoms with Crippen LogP contribution in [-0.2, 0) is 6.42 Å². The molecule has 0 atom stereocenters. The quantitative estimate of drug-likeness (QED) is 0.461. The summed E-state index contributed by atoms with van der Waals surface area (Å²) in [5.41, 5.74) is 1.89. The predicted molar refractivity (Wildman–Crippen MR) is 107 cm³/mol. The van der Waals surface area contributed by atoms with Crippen molar-refractivity contribution in [1.82, 2.24) is 9.78 Å². The third kappa shape index (κ3) is 3.46. The number of fused-ring (bicyclic) bond motifs is 1. The molecule has 0 aliphatic carbocycles. The summed E-state index contributed by atoms with van der Waals surface area (Å²) in [5.74, 6) is -0.294. The highest BCUT2D eigenvalue weighted by molar-refractivity contribution is 6.42. The fourth-order valence-corrected chi connectivity index (χ4v) is 3.27. The molecular formula is C21H13Cl2FN2O. The lowest BCUT2D eigenvalue weighted by molar-refractivity contribution is 0.627. The van der Waals surface area contributed by atoms with Crippen molar-refractivity contribution in [3.8, 4) is 5.69 Å². The summed E-state index contributed by atoms with van der Waals surface area (Å²) in [6.07, 6.45) is 0.461. The van der Waals surface area contributed by atoms with Crippen molar-refractivity contribution < 1.29 is 4.39 Å². The van der Waals surface area contributed by atoms with Crippen molar-refractivity contribution in [2.45, 2.75) is 6.42 Å². The van der Waals surface area contributed by atoms with Gasteiger partial charge in [0.25, 0.3) is 5.56 Å². The molecule has 0 amide bonds. The van der Waals surface area contributed by atoms with Gasteiger partial charge in [-0.05, 0) is 42.0 Å². The van der Waals surface area contributed by atoms with Gasteiger partial charge in [0.1, 0.15) is 5.82 Å². The minimum Gasteiger partial charge on any atom is -0.267 e. The molecular weight excluding hydrogens is 386 g/mol. The van der Waals surface area contributed by atoms with Crippen LogP contribution in [0.1, 0.15) is 11.3 Å². The second-order valence-corrected chi connectivity index (χ2v) is 6.93. The molecule has 0 saturated heterocycles. The van der Waals surface area contributed by atoms with E-state index in [-0.39, 0.29) is 11.4 Å². The topological polar surface area (TPSA) is 34.9 Å². The van der Waals surface area contributed by atoms with Gasteiger partial charge < -0.3 is 0 Å². The molecule has 1 heterocycles. The third-order valence-electron chi connectivity index (χ3n) is 4.31. The van der Waals surface area contributed by atoms with Crippen molar-refractivity contribution in [3.05, 3.63) is 104 Å². The highest BCUT2D eigenvalue weighted by Gasteiger charge is 2.13. The van der Waals surface area contributed by atoms with E-state index >= 15 is 0 Å². The van der Waals surface area contributed by atoms with E-state index in [1.54, 1.807) is 36.4 Å². The van der Waals surface area contributed by atoms with Crippen molar-refractivity contribution in [3.63, 3.8) is 0 Å². The molecule has 3 aromatic carbocycles. The van der Waals surface area contributed by atoms with Gasteiger partial charge in [0, 0.05) is 11.8 Å². The van der Waals surface area contributed by atoms with Crippen LogP contribution in [0.25, 0.3) is 16.5 Å². The van der Waals surface area contributed by atoms with Crippen LogP contribution in [0.15, 0.2) is 71.5 Å². The van der Waals surface area contributed by atoms with Gasteiger partial charge in [-0.15, -0.1) is 0 Å². The van der Waals surface area contributed by atoms with Gasteiger partial charge in [-0.25, -0.2) is 4.39 Å². The molecule has 27 heavy (non-hydrogen) atoms. The molecule has 0 aliphatic heterocycles. The van der Waals surface area contributed by atoms with Gasteiger partial charge in [0.15, 0.2) is 0 Å². The lowest BCUT2D eigenvalue weighted by Gasteiger charge is -2.12. The van der Waals surface area contributed by atoms with E-state index in [2.05, 4.69) is 5.10 Å². The number of aromatic nitrogens is 2. The maximum absolute atomic E-state index is 13.2. The zero-order valence-corrected chi connectivity index (χ0v) is 15.5. The zero-order chi connectivity index (χ0) is 19.0. The molecule has 134 valence electrons.